The summed E-state index contributed by atoms with van der Waals surface area (Å²) in [5, 5.41) is 10.5. The third-order valence-corrected chi connectivity index (χ3v) is 6.13. The number of aromatic nitrogens is 2. The van der Waals surface area contributed by atoms with Crippen molar-refractivity contribution in [2.24, 2.45) is 13.0 Å². The summed E-state index contributed by atoms with van der Waals surface area (Å²) < 4.78 is 7.29. The molecule has 27 heavy (non-hydrogen) atoms. The molecule has 1 aromatic heterocycles. The molecule has 0 spiro atoms. The zero-order valence-electron chi connectivity index (χ0n) is 16.9. The van der Waals surface area contributed by atoms with E-state index in [1.807, 2.05) is 20.9 Å². The number of carbonyl (C=O) groups excluding carboxylic acids is 2. The minimum atomic E-state index is -0.803. The number of hydrogen-bond acceptors (Lipinski definition) is 4. The van der Waals surface area contributed by atoms with E-state index >= 15 is 0 Å². The fraction of sp³-hybridized carbons (Fsp3) is 0.750. The second kappa shape index (κ2) is 8.00. The quantitative estimate of drug-likeness (QED) is 0.823. The van der Waals surface area contributed by atoms with Gasteiger partial charge in [-0.15, -0.1) is 0 Å². The van der Waals surface area contributed by atoms with Gasteiger partial charge in [0, 0.05) is 25.9 Å². The van der Waals surface area contributed by atoms with Gasteiger partial charge in [-0.25, -0.2) is 0 Å². The van der Waals surface area contributed by atoms with Crippen molar-refractivity contribution in [2.45, 2.75) is 70.9 Å². The Morgan fingerprint density at radius 3 is 2.59 bits per heavy atom. The van der Waals surface area contributed by atoms with Crippen LogP contribution in [0.4, 0.5) is 0 Å². The van der Waals surface area contributed by atoms with Crippen LogP contribution < -0.4 is 10.6 Å². The van der Waals surface area contributed by atoms with E-state index in [0.717, 1.165) is 38.0 Å². The van der Waals surface area contributed by atoms with E-state index in [0.29, 0.717) is 36.6 Å². The first-order valence-electron chi connectivity index (χ1n) is 10.0. The lowest BCUT2D eigenvalue weighted by Crippen LogP contribution is -2.58. The molecule has 0 aromatic carbocycles. The zero-order valence-corrected chi connectivity index (χ0v) is 16.9. The molecule has 7 nitrogen and oxygen atoms in total. The van der Waals surface area contributed by atoms with Crippen molar-refractivity contribution in [3.8, 4) is 0 Å². The third-order valence-electron chi connectivity index (χ3n) is 6.13. The smallest absolute Gasteiger partial charge is 0.255 e. The highest BCUT2D eigenvalue weighted by Crippen LogP contribution is 2.31. The Bertz CT molecular complexity index is 706. The molecule has 1 aliphatic carbocycles. The van der Waals surface area contributed by atoms with Gasteiger partial charge in [0.2, 0.25) is 5.91 Å². The van der Waals surface area contributed by atoms with Crippen molar-refractivity contribution in [1.82, 2.24) is 20.4 Å². The van der Waals surface area contributed by atoms with E-state index in [-0.39, 0.29) is 17.9 Å². The predicted molar refractivity (Wildman–Crippen MR) is 102 cm³/mol. The minimum Gasteiger partial charge on any atom is -0.378 e. The maximum atomic E-state index is 13.1. The van der Waals surface area contributed by atoms with E-state index in [9.17, 15) is 9.59 Å². The third kappa shape index (κ3) is 4.18. The van der Waals surface area contributed by atoms with Gasteiger partial charge in [-0.1, -0.05) is 12.8 Å². The van der Waals surface area contributed by atoms with Crippen LogP contribution in [-0.4, -0.2) is 46.4 Å². The first kappa shape index (κ1) is 19.9. The number of nitrogens with one attached hydrogen (secondary N) is 2. The van der Waals surface area contributed by atoms with Crippen molar-refractivity contribution < 1.29 is 14.3 Å². The Kier molecular flexibility index (Phi) is 5.89. The number of rotatable bonds is 5. The van der Waals surface area contributed by atoms with Gasteiger partial charge >= 0.3 is 0 Å². The zero-order chi connectivity index (χ0) is 19.6. The lowest BCUT2D eigenvalue weighted by molar-refractivity contribution is -0.127. The lowest BCUT2D eigenvalue weighted by atomic mass is 9.93. The average molecular weight is 377 g/mol. The molecule has 2 aliphatic rings. The van der Waals surface area contributed by atoms with Crippen LogP contribution in [0.25, 0.3) is 0 Å². The van der Waals surface area contributed by atoms with Crippen molar-refractivity contribution >= 4 is 11.8 Å². The van der Waals surface area contributed by atoms with Crippen LogP contribution in [0.1, 0.15) is 67.2 Å². The number of nitrogens with zero attached hydrogens (tertiary/aromatic N) is 2. The molecular weight excluding hydrogens is 344 g/mol. The van der Waals surface area contributed by atoms with Crippen LogP contribution in [0, 0.1) is 19.8 Å². The first-order chi connectivity index (χ1) is 12.8. The highest BCUT2D eigenvalue weighted by molar-refractivity contribution is 6.00. The van der Waals surface area contributed by atoms with Gasteiger partial charge in [0.1, 0.15) is 5.54 Å². The molecule has 2 fully saturated rings. The molecule has 2 atom stereocenters. The summed E-state index contributed by atoms with van der Waals surface area (Å²) in [6.07, 6.45) is 5.46. The van der Waals surface area contributed by atoms with Crippen LogP contribution in [0.3, 0.4) is 0 Å². The van der Waals surface area contributed by atoms with Crippen molar-refractivity contribution in [3.05, 3.63) is 17.0 Å². The predicted octanol–water partition coefficient (Wildman–Crippen LogP) is 2.01. The van der Waals surface area contributed by atoms with Crippen molar-refractivity contribution in [3.63, 3.8) is 0 Å². The number of ether oxygens (including phenoxy) is 1. The highest BCUT2D eigenvalue weighted by atomic mass is 16.5. The molecule has 2 amide bonds. The molecule has 2 heterocycles. The summed E-state index contributed by atoms with van der Waals surface area (Å²) in [7, 11) is 1.83. The van der Waals surface area contributed by atoms with E-state index in [1.54, 1.807) is 4.68 Å². The molecule has 0 bridgehead atoms. The van der Waals surface area contributed by atoms with Crippen molar-refractivity contribution in [2.75, 3.05) is 13.2 Å². The Morgan fingerprint density at radius 2 is 2.00 bits per heavy atom. The molecular formula is C20H32N4O3. The fourth-order valence-corrected chi connectivity index (χ4v) is 4.45. The monoisotopic (exact) mass is 376 g/mol. The van der Waals surface area contributed by atoms with Crippen LogP contribution in [0.5, 0.6) is 0 Å². The Balaban J connectivity index is 1.67. The van der Waals surface area contributed by atoms with Crippen molar-refractivity contribution in [1.29, 1.82) is 0 Å². The van der Waals surface area contributed by atoms with Gasteiger partial charge in [-0.3, -0.25) is 14.3 Å². The van der Waals surface area contributed by atoms with Gasteiger partial charge in [-0.2, -0.15) is 5.10 Å². The van der Waals surface area contributed by atoms with E-state index in [1.165, 1.54) is 0 Å². The molecule has 1 saturated carbocycles. The molecule has 2 N–H and O–H groups in total. The normalized spacial score (nSPS) is 24.6. The number of amides is 2. The molecule has 1 aromatic rings. The molecule has 150 valence electrons. The summed E-state index contributed by atoms with van der Waals surface area (Å²) in [5.41, 5.74) is 1.28. The average Bonchev–Trinajstić information content (AvgIpc) is 3.18. The summed E-state index contributed by atoms with van der Waals surface area (Å²) in [5.74, 6) is 0.191. The maximum absolute atomic E-state index is 13.1. The number of aryl methyl sites for hydroxylation is 2. The van der Waals surface area contributed by atoms with Crippen LogP contribution in [0.15, 0.2) is 0 Å². The minimum absolute atomic E-state index is 0.0494. The van der Waals surface area contributed by atoms with Crippen LogP contribution >= 0.6 is 0 Å². The maximum Gasteiger partial charge on any atom is 0.255 e. The number of carbonyl (C=O) groups is 2. The van der Waals surface area contributed by atoms with Crippen LogP contribution in [-0.2, 0) is 16.6 Å². The first-order valence-corrected chi connectivity index (χ1v) is 10.0. The fourth-order valence-electron chi connectivity index (χ4n) is 4.45. The van der Waals surface area contributed by atoms with E-state index in [4.69, 9.17) is 4.74 Å². The topological polar surface area (TPSA) is 85.2 Å². The molecule has 1 aliphatic heterocycles. The summed E-state index contributed by atoms with van der Waals surface area (Å²) in [6, 6.07) is 0. The van der Waals surface area contributed by atoms with Gasteiger partial charge in [-0.05, 0) is 52.4 Å². The standard InChI is InChI=1S/C20H32N4O3/c1-13-11-16(7-10-27-13)12-21-19(26)20(8-5-6-9-20)22-18(25)17-14(2)23-24(4)15(17)3/h13,16H,5-12H2,1-4H3,(H,21,26)(H,22,25). The summed E-state index contributed by atoms with van der Waals surface area (Å²) in [4.78, 5) is 26.0. The van der Waals surface area contributed by atoms with Gasteiger partial charge in [0.05, 0.1) is 17.4 Å². The Morgan fingerprint density at radius 1 is 1.30 bits per heavy atom. The second-order valence-electron chi connectivity index (χ2n) is 8.19. The Labute approximate surface area is 161 Å². The molecule has 2 unspecified atom stereocenters. The van der Waals surface area contributed by atoms with E-state index in [2.05, 4.69) is 22.7 Å². The second-order valence-corrected chi connectivity index (χ2v) is 8.19. The van der Waals surface area contributed by atoms with Crippen LogP contribution in [0.2, 0.25) is 0 Å². The molecule has 3 rings (SSSR count). The highest BCUT2D eigenvalue weighted by Gasteiger charge is 2.43. The Hall–Kier alpha value is -1.89. The lowest BCUT2D eigenvalue weighted by Gasteiger charge is -2.32. The molecule has 7 heteroatoms. The van der Waals surface area contributed by atoms with E-state index < -0.39 is 5.54 Å². The summed E-state index contributed by atoms with van der Waals surface area (Å²) in [6.45, 7) is 7.18. The van der Waals surface area contributed by atoms with Gasteiger partial charge < -0.3 is 15.4 Å². The SMILES string of the molecule is Cc1nn(C)c(C)c1C(=O)NC1(C(=O)NCC2CCOC(C)C2)CCCC1. The van der Waals surface area contributed by atoms with Gasteiger partial charge in [0.25, 0.3) is 5.91 Å². The molecule has 0 radical (unpaired) electrons. The molecule has 1 saturated heterocycles. The number of hydrogen-bond donors (Lipinski definition) is 2. The largest absolute Gasteiger partial charge is 0.378 e. The van der Waals surface area contributed by atoms with Gasteiger partial charge in [0.15, 0.2) is 0 Å². The summed E-state index contributed by atoms with van der Waals surface area (Å²) >= 11 is 0.